The fourth-order valence-corrected chi connectivity index (χ4v) is 4.73. The van der Waals surface area contributed by atoms with Crippen LogP contribution in [0.15, 0.2) is 64.7 Å². The molecule has 0 saturated carbocycles. The molecule has 228 valence electrons. The maximum atomic E-state index is 13.3. The standard InChI is InChI=1S/C33H47BrO7/c1-7-25(21-40-23-39-16-15-37-5)17-24(2)31(41-22-26-11-13-30(38-6)14-12-26)19-29(35)20-32(36)33(3,4)27-9-8-10-28(34)18-27/h8-14,17-18,25,31-32,36H,7,15-16,19-23H2,1-6H3/b24-17-/t25-,31+,32+/m1/s1. The summed E-state index contributed by atoms with van der Waals surface area (Å²) in [5, 5.41) is 11.1. The van der Waals surface area contributed by atoms with Crippen molar-refractivity contribution in [2.75, 3.05) is 40.8 Å². The molecule has 0 aliphatic rings. The van der Waals surface area contributed by atoms with Crippen LogP contribution in [-0.4, -0.2) is 63.9 Å². The number of aliphatic hydroxyl groups excluding tert-OH is 1. The zero-order chi connectivity index (χ0) is 30.3. The van der Waals surface area contributed by atoms with Crippen molar-refractivity contribution in [1.29, 1.82) is 0 Å². The van der Waals surface area contributed by atoms with Gasteiger partial charge in [0.05, 0.1) is 45.7 Å². The largest absolute Gasteiger partial charge is 0.497 e. The summed E-state index contributed by atoms with van der Waals surface area (Å²) in [4.78, 5) is 13.3. The number of hydrogen-bond donors (Lipinski definition) is 1. The summed E-state index contributed by atoms with van der Waals surface area (Å²) in [5.74, 6) is 0.865. The Balaban J connectivity index is 2.11. The fraction of sp³-hybridized carbons (Fsp3) is 0.545. The van der Waals surface area contributed by atoms with E-state index in [-0.39, 0.29) is 31.3 Å². The number of halogens is 1. The van der Waals surface area contributed by atoms with Crippen LogP contribution in [0.4, 0.5) is 0 Å². The van der Waals surface area contributed by atoms with Crippen molar-refractivity contribution in [3.05, 3.63) is 75.8 Å². The summed E-state index contributed by atoms with van der Waals surface area (Å²) < 4.78 is 28.6. The van der Waals surface area contributed by atoms with Gasteiger partial charge in [-0.3, -0.25) is 4.79 Å². The number of rotatable bonds is 20. The van der Waals surface area contributed by atoms with Crippen LogP contribution in [-0.2, 0) is 35.8 Å². The minimum atomic E-state index is -0.842. The quantitative estimate of drug-likeness (QED) is 0.0993. The minimum Gasteiger partial charge on any atom is -0.497 e. The molecule has 0 spiro atoms. The summed E-state index contributed by atoms with van der Waals surface area (Å²) >= 11 is 3.50. The van der Waals surface area contributed by atoms with E-state index in [1.807, 2.05) is 69.3 Å². The molecule has 41 heavy (non-hydrogen) atoms. The van der Waals surface area contributed by atoms with E-state index in [9.17, 15) is 9.90 Å². The van der Waals surface area contributed by atoms with Crippen LogP contribution in [0.2, 0.25) is 0 Å². The second kappa shape index (κ2) is 18.5. The van der Waals surface area contributed by atoms with E-state index in [4.69, 9.17) is 23.7 Å². The maximum Gasteiger partial charge on any atom is 0.146 e. The van der Waals surface area contributed by atoms with Crippen LogP contribution < -0.4 is 4.74 Å². The van der Waals surface area contributed by atoms with Crippen LogP contribution in [0.1, 0.15) is 58.1 Å². The summed E-state index contributed by atoms with van der Waals surface area (Å²) in [5.41, 5.74) is 2.31. The van der Waals surface area contributed by atoms with E-state index >= 15 is 0 Å². The molecule has 0 amide bonds. The third-order valence-corrected chi connectivity index (χ3v) is 7.80. The third kappa shape index (κ3) is 12.4. The molecule has 3 atom stereocenters. The average Bonchev–Trinajstić information content (AvgIpc) is 2.96. The number of ketones is 1. The molecule has 0 radical (unpaired) electrons. The highest BCUT2D eigenvalue weighted by molar-refractivity contribution is 9.10. The van der Waals surface area contributed by atoms with Crippen LogP contribution in [0.5, 0.6) is 5.75 Å². The van der Waals surface area contributed by atoms with Gasteiger partial charge in [0.1, 0.15) is 18.3 Å². The summed E-state index contributed by atoms with van der Waals surface area (Å²) in [7, 11) is 3.26. The lowest BCUT2D eigenvalue weighted by Crippen LogP contribution is -2.36. The van der Waals surface area contributed by atoms with Crippen molar-refractivity contribution in [3.8, 4) is 5.75 Å². The van der Waals surface area contributed by atoms with Crippen molar-refractivity contribution >= 4 is 21.7 Å². The first-order valence-electron chi connectivity index (χ1n) is 14.1. The smallest absolute Gasteiger partial charge is 0.146 e. The van der Waals surface area contributed by atoms with E-state index in [0.717, 1.165) is 33.3 Å². The number of carbonyl (C=O) groups is 1. The number of aliphatic hydroxyl groups is 1. The second-order valence-electron chi connectivity index (χ2n) is 10.8. The molecular formula is C33H47BrO7. The van der Waals surface area contributed by atoms with Gasteiger partial charge in [0.25, 0.3) is 0 Å². The Morgan fingerprint density at radius 3 is 2.41 bits per heavy atom. The summed E-state index contributed by atoms with van der Waals surface area (Å²) in [6, 6.07) is 15.5. The fourth-order valence-electron chi connectivity index (χ4n) is 4.34. The number of methoxy groups -OCH3 is 2. The molecule has 7 nitrogen and oxygen atoms in total. The van der Waals surface area contributed by atoms with E-state index in [1.54, 1.807) is 14.2 Å². The Morgan fingerprint density at radius 1 is 1.05 bits per heavy atom. The molecule has 2 aromatic carbocycles. The molecule has 2 aromatic rings. The van der Waals surface area contributed by atoms with Crippen molar-refractivity contribution in [1.82, 2.24) is 0 Å². The molecule has 0 saturated heterocycles. The highest BCUT2D eigenvalue weighted by atomic mass is 79.9. The van der Waals surface area contributed by atoms with Gasteiger partial charge >= 0.3 is 0 Å². The number of hydrogen-bond acceptors (Lipinski definition) is 7. The van der Waals surface area contributed by atoms with Crippen LogP contribution in [0, 0.1) is 5.92 Å². The number of benzene rings is 2. The zero-order valence-electron chi connectivity index (χ0n) is 25.4. The van der Waals surface area contributed by atoms with E-state index in [1.165, 1.54) is 0 Å². The monoisotopic (exact) mass is 634 g/mol. The first-order chi connectivity index (χ1) is 19.6. The normalized spacial score (nSPS) is 14.5. The van der Waals surface area contributed by atoms with Gasteiger partial charge < -0.3 is 28.8 Å². The molecule has 0 aliphatic heterocycles. The van der Waals surface area contributed by atoms with Crippen molar-refractivity contribution in [2.45, 2.75) is 71.2 Å². The molecule has 0 aliphatic carbocycles. The predicted molar refractivity (Wildman–Crippen MR) is 165 cm³/mol. The first kappa shape index (κ1) is 35.1. The van der Waals surface area contributed by atoms with E-state index < -0.39 is 17.6 Å². The lowest BCUT2D eigenvalue weighted by molar-refractivity contribution is -0.124. The Morgan fingerprint density at radius 2 is 1.78 bits per heavy atom. The van der Waals surface area contributed by atoms with Crippen LogP contribution in [0.25, 0.3) is 0 Å². The zero-order valence-corrected chi connectivity index (χ0v) is 26.9. The molecule has 0 heterocycles. The minimum absolute atomic E-state index is 0.0360. The Labute approximate surface area is 254 Å². The highest BCUT2D eigenvalue weighted by Crippen LogP contribution is 2.31. The second-order valence-corrected chi connectivity index (χ2v) is 11.7. The lowest BCUT2D eigenvalue weighted by atomic mass is 9.77. The Bertz CT molecular complexity index is 1070. The summed E-state index contributed by atoms with van der Waals surface area (Å²) in [6.45, 7) is 10.1. The molecule has 0 fully saturated rings. The predicted octanol–water partition coefficient (Wildman–Crippen LogP) is 6.64. The van der Waals surface area contributed by atoms with Crippen molar-refractivity contribution in [3.63, 3.8) is 0 Å². The Kier molecular flexibility index (Phi) is 15.8. The van der Waals surface area contributed by atoms with Gasteiger partial charge in [-0.15, -0.1) is 0 Å². The molecule has 0 aromatic heterocycles. The molecule has 0 bridgehead atoms. The van der Waals surface area contributed by atoms with E-state index in [2.05, 4.69) is 28.9 Å². The number of Topliss-reactive ketones (excluding diaryl/α,β-unsaturated/α-hetero) is 1. The maximum absolute atomic E-state index is 13.3. The topological polar surface area (TPSA) is 83.5 Å². The van der Waals surface area contributed by atoms with Crippen LogP contribution in [0.3, 0.4) is 0 Å². The average molecular weight is 636 g/mol. The van der Waals surface area contributed by atoms with Gasteiger partial charge in [-0.2, -0.15) is 0 Å². The Hall–Kier alpha value is -2.07. The highest BCUT2D eigenvalue weighted by Gasteiger charge is 2.32. The summed E-state index contributed by atoms with van der Waals surface area (Å²) in [6.07, 6.45) is 1.93. The van der Waals surface area contributed by atoms with Crippen molar-refractivity contribution < 1.29 is 33.6 Å². The van der Waals surface area contributed by atoms with Gasteiger partial charge in [-0.1, -0.05) is 67.0 Å². The van der Waals surface area contributed by atoms with Crippen molar-refractivity contribution in [2.24, 2.45) is 5.92 Å². The number of ether oxygens (including phenoxy) is 5. The molecule has 2 rings (SSSR count). The molecule has 1 N–H and O–H groups in total. The molecular weight excluding hydrogens is 588 g/mol. The molecule has 0 unspecified atom stereocenters. The molecule has 8 heteroatoms. The van der Waals surface area contributed by atoms with Gasteiger partial charge in [0, 0.05) is 35.8 Å². The number of carbonyl (C=O) groups excluding carboxylic acids is 1. The third-order valence-electron chi connectivity index (χ3n) is 7.31. The van der Waals surface area contributed by atoms with Gasteiger partial charge in [-0.25, -0.2) is 0 Å². The van der Waals surface area contributed by atoms with Gasteiger partial charge in [0.15, 0.2) is 0 Å². The van der Waals surface area contributed by atoms with Crippen LogP contribution >= 0.6 is 15.9 Å². The van der Waals surface area contributed by atoms with Gasteiger partial charge in [-0.05, 0) is 54.3 Å². The van der Waals surface area contributed by atoms with E-state index in [0.29, 0.717) is 26.4 Å². The van der Waals surface area contributed by atoms with Gasteiger partial charge in [0.2, 0.25) is 0 Å². The SMILES string of the molecule is CC[C@H](/C=C(/C)[C@H](CC(=O)C[C@H](O)C(C)(C)c1cccc(Br)c1)OCc1ccc(OC)cc1)COCOCCOC. The first-order valence-corrected chi connectivity index (χ1v) is 14.9. The lowest BCUT2D eigenvalue weighted by Gasteiger charge is -2.31.